The van der Waals surface area contributed by atoms with E-state index in [1.54, 1.807) is 11.3 Å². The molecule has 16 heavy (non-hydrogen) atoms. The topological polar surface area (TPSA) is 17.1 Å². The first-order valence-electron chi connectivity index (χ1n) is 5.07. The van der Waals surface area contributed by atoms with Crippen LogP contribution < -0.4 is 5.43 Å². The van der Waals surface area contributed by atoms with Crippen molar-refractivity contribution in [1.29, 1.82) is 0 Å². The minimum atomic E-state index is 0.127. The summed E-state index contributed by atoms with van der Waals surface area (Å²) >= 11 is 9.38. The fraction of sp³-hybridized carbons (Fsp3) is 0.250. The summed E-state index contributed by atoms with van der Waals surface area (Å²) < 4.78 is 2.79. The molecule has 1 heterocycles. The minimum absolute atomic E-state index is 0.127. The van der Waals surface area contributed by atoms with Crippen LogP contribution in [0.3, 0.4) is 0 Å². The van der Waals surface area contributed by atoms with Gasteiger partial charge >= 0.3 is 0 Å². The summed E-state index contributed by atoms with van der Waals surface area (Å²) in [6.45, 7) is 2.07. The molecule has 0 unspecified atom stereocenters. The second kappa shape index (κ2) is 4.90. The van der Waals surface area contributed by atoms with Crippen molar-refractivity contribution >= 4 is 50.0 Å². The van der Waals surface area contributed by atoms with E-state index in [4.69, 9.17) is 0 Å². The lowest BCUT2D eigenvalue weighted by Crippen LogP contribution is -2.08. The predicted octanol–water partition coefficient (Wildman–Crippen LogP) is 4.27. The van der Waals surface area contributed by atoms with Crippen LogP contribution in [0.5, 0.6) is 0 Å². The summed E-state index contributed by atoms with van der Waals surface area (Å²) in [6.07, 6.45) is 1.77. The Hall–Kier alpha value is -0.320. The van der Waals surface area contributed by atoms with Crippen molar-refractivity contribution in [3.8, 4) is 0 Å². The summed E-state index contributed by atoms with van der Waals surface area (Å²) in [4.78, 5) is 12.2. The van der Waals surface area contributed by atoms with Crippen molar-refractivity contribution in [1.82, 2.24) is 0 Å². The Balaban J connectivity index is 2.80. The van der Waals surface area contributed by atoms with Crippen LogP contribution in [0.2, 0.25) is 0 Å². The van der Waals surface area contributed by atoms with E-state index in [9.17, 15) is 4.79 Å². The fourth-order valence-electron chi connectivity index (χ4n) is 1.66. The molecule has 0 atom stereocenters. The summed E-state index contributed by atoms with van der Waals surface area (Å²) in [6, 6.07) is 5.80. The monoisotopic (exact) mass is 314 g/mol. The Bertz CT molecular complexity index is 589. The zero-order chi connectivity index (χ0) is 11.7. The van der Waals surface area contributed by atoms with Gasteiger partial charge in [-0.15, -0.1) is 24.0 Å². The van der Waals surface area contributed by atoms with Crippen molar-refractivity contribution < 1.29 is 0 Å². The summed E-state index contributed by atoms with van der Waals surface area (Å²) in [5.41, 5.74) is 0.975. The van der Waals surface area contributed by atoms with Crippen molar-refractivity contribution in [2.45, 2.75) is 24.0 Å². The normalized spacial score (nSPS) is 10.9. The van der Waals surface area contributed by atoms with Gasteiger partial charge in [-0.3, -0.25) is 4.79 Å². The Morgan fingerprint density at radius 3 is 2.88 bits per heavy atom. The minimum Gasteiger partial charge on any atom is -0.289 e. The Morgan fingerprint density at radius 2 is 2.19 bits per heavy atom. The van der Waals surface area contributed by atoms with Gasteiger partial charge < -0.3 is 0 Å². The molecule has 1 aromatic carbocycles. The molecule has 84 valence electrons. The third-order valence-electron chi connectivity index (χ3n) is 2.43. The van der Waals surface area contributed by atoms with E-state index in [-0.39, 0.29) is 5.43 Å². The molecule has 4 heteroatoms. The Labute approximate surface area is 112 Å². The molecule has 2 aromatic rings. The van der Waals surface area contributed by atoms with Gasteiger partial charge in [0.05, 0.1) is 4.21 Å². The number of hydrogen-bond acceptors (Lipinski definition) is 3. The molecule has 1 aromatic heterocycles. The van der Waals surface area contributed by atoms with Crippen LogP contribution in [0.1, 0.15) is 18.9 Å². The van der Waals surface area contributed by atoms with E-state index in [2.05, 4.69) is 35.5 Å². The van der Waals surface area contributed by atoms with E-state index in [0.717, 1.165) is 37.2 Å². The number of benzene rings is 1. The molecule has 0 aliphatic rings. The summed E-state index contributed by atoms with van der Waals surface area (Å²) in [7, 11) is 0. The Kier molecular flexibility index (Phi) is 3.72. The first-order chi connectivity index (χ1) is 7.63. The van der Waals surface area contributed by atoms with Crippen LogP contribution >= 0.6 is 39.9 Å². The van der Waals surface area contributed by atoms with Gasteiger partial charge in [0.1, 0.15) is 0 Å². The molecule has 2 rings (SSSR count). The van der Waals surface area contributed by atoms with Crippen molar-refractivity contribution in [3.63, 3.8) is 0 Å². The maximum Gasteiger partial charge on any atom is 0.192 e. The van der Waals surface area contributed by atoms with E-state index in [1.165, 1.54) is 0 Å². The highest BCUT2D eigenvalue weighted by molar-refractivity contribution is 9.10. The second-order valence-electron chi connectivity index (χ2n) is 3.61. The highest BCUT2D eigenvalue weighted by Gasteiger charge is 2.09. The van der Waals surface area contributed by atoms with Gasteiger partial charge in [0, 0.05) is 20.1 Å². The lowest BCUT2D eigenvalue weighted by Gasteiger charge is -2.04. The molecule has 0 N–H and O–H groups in total. The third kappa shape index (κ3) is 2.19. The lowest BCUT2D eigenvalue weighted by molar-refractivity contribution is 0.903. The highest BCUT2D eigenvalue weighted by atomic mass is 79.9. The van der Waals surface area contributed by atoms with E-state index < -0.39 is 0 Å². The van der Waals surface area contributed by atoms with Crippen molar-refractivity contribution in [2.75, 3.05) is 0 Å². The number of hydrogen-bond donors (Lipinski definition) is 1. The van der Waals surface area contributed by atoms with E-state index in [1.807, 2.05) is 18.2 Å². The average Bonchev–Trinajstić information content (AvgIpc) is 2.26. The van der Waals surface area contributed by atoms with Crippen molar-refractivity contribution in [2.24, 2.45) is 0 Å². The Morgan fingerprint density at radius 1 is 1.44 bits per heavy atom. The molecular formula is C12H11BrOS2. The molecule has 0 fully saturated rings. The molecule has 0 saturated carbocycles. The lowest BCUT2D eigenvalue weighted by atomic mass is 10.1. The SMILES string of the molecule is CCCc1c(S)sc2ccc(Br)cc2c1=O. The van der Waals surface area contributed by atoms with Gasteiger partial charge in [0.15, 0.2) is 5.43 Å². The maximum atomic E-state index is 12.2. The van der Waals surface area contributed by atoms with Crippen LogP contribution in [0.4, 0.5) is 0 Å². The zero-order valence-electron chi connectivity index (χ0n) is 8.79. The largest absolute Gasteiger partial charge is 0.289 e. The maximum absolute atomic E-state index is 12.2. The van der Waals surface area contributed by atoms with Crippen LogP contribution in [0, 0.1) is 0 Å². The van der Waals surface area contributed by atoms with Crippen LogP contribution in [-0.4, -0.2) is 0 Å². The molecule has 0 amide bonds. The molecule has 0 radical (unpaired) electrons. The first-order valence-corrected chi connectivity index (χ1v) is 7.13. The van der Waals surface area contributed by atoms with Gasteiger partial charge in [0.2, 0.25) is 0 Å². The zero-order valence-corrected chi connectivity index (χ0v) is 12.1. The van der Waals surface area contributed by atoms with Crippen molar-refractivity contribution in [3.05, 3.63) is 38.5 Å². The number of fused-ring (bicyclic) bond motifs is 1. The number of thiol groups is 1. The highest BCUT2D eigenvalue weighted by Crippen LogP contribution is 2.27. The van der Waals surface area contributed by atoms with Crippen LogP contribution in [-0.2, 0) is 6.42 Å². The molecule has 0 saturated heterocycles. The van der Waals surface area contributed by atoms with Gasteiger partial charge in [-0.1, -0.05) is 29.3 Å². The second-order valence-corrected chi connectivity index (χ2v) is 6.32. The predicted molar refractivity (Wildman–Crippen MR) is 77.0 cm³/mol. The summed E-state index contributed by atoms with van der Waals surface area (Å²) in [5, 5.41) is 0.792. The molecule has 0 bridgehead atoms. The summed E-state index contributed by atoms with van der Waals surface area (Å²) in [5.74, 6) is 0. The number of halogens is 1. The first kappa shape index (κ1) is 12.1. The molecular weight excluding hydrogens is 304 g/mol. The molecule has 0 spiro atoms. The molecule has 0 aliphatic heterocycles. The number of rotatable bonds is 2. The van der Waals surface area contributed by atoms with E-state index >= 15 is 0 Å². The van der Waals surface area contributed by atoms with E-state index in [0.29, 0.717) is 0 Å². The molecule has 1 nitrogen and oxygen atoms in total. The van der Waals surface area contributed by atoms with Crippen LogP contribution in [0.15, 0.2) is 31.7 Å². The van der Waals surface area contributed by atoms with Gasteiger partial charge in [0.25, 0.3) is 0 Å². The fourth-order valence-corrected chi connectivity index (χ4v) is 3.46. The van der Waals surface area contributed by atoms with Gasteiger partial charge in [-0.2, -0.15) is 0 Å². The smallest absolute Gasteiger partial charge is 0.192 e. The van der Waals surface area contributed by atoms with Gasteiger partial charge in [-0.05, 0) is 24.6 Å². The average molecular weight is 315 g/mol. The standard InChI is InChI=1S/C12H11BrOS2/c1-2-3-8-11(14)9-6-7(13)4-5-10(9)16-12(8)15/h4-6,15H,2-3H2,1H3. The third-order valence-corrected chi connectivity index (χ3v) is 4.48. The van der Waals surface area contributed by atoms with Gasteiger partial charge in [-0.25, -0.2) is 0 Å². The molecule has 0 aliphatic carbocycles. The van der Waals surface area contributed by atoms with Crippen LogP contribution in [0.25, 0.3) is 10.1 Å². The quantitative estimate of drug-likeness (QED) is 0.819.